The van der Waals surface area contributed by atoms with Crippen molar-refractivity contribution in [3.8, 4) is 22.6 Å². The summed E-state index contributed by atoms with van der Waals surface area (Å²) in [5.41, 5.74) is 11.3. The molecule has 0 aliphatic heterocycles. The van der Waals surface area contributed by atoms with Crippen LogP contribution in [0.3, 0.4) is 0 Å². The maximum Gasteiger partial charge on any atom is 0.310 e. The van der Waals surface area contributed by atoms with E-state index in [1.807, 2.05) is 36.4 Å². The largest absolute Gasteiger partial charge is 0.497 e. The molecule has 1 aromatic heterocycles. The SMILES string of the molecule is CCOC(=O)Cc1ccc(OC)cc1OCc1cc(-c2cccc(CN)c2)c2oc(COC)cc2c1. The predicted octanol–water partition coefficient (Wildman–Crippen LogP) is 5.40. The molecule has 0 bridgehead atoms. The third kappa shape index (κ3) is 5.87. The number of furan rings is 1. The van der Waals surface area contributed by atoms with Gasteiger partial charge in [-0.15, -0.1) is 0 Å². The van der Waals surface area contributed by atoms with Crippen LogP contribution >= 0.6 is 0 Å². The Morgan fingerprint density at radius 3 is 2.58 bits per heavy atom. The molecule has 0 aliphatic carbocycles. The highest BCUT2D eigenvalue weighted by Crippen LogP contribution is 2.34. The first-order valence-electron chi connectivity index (χ1n) is 11.8. The predicted molar refractivity (Wildman–Crippen MR) is 138 cm³/mol. The summed E-state index contributed by atoms with van der Waals surface area (Å²) in [6, 6.07) is 19.6. The molecule has 0 radical (unpaired) electrons. The molecule has 3 aromatic carbocycles. The molecular formula is C29H31NO6. The van der Waals surface area contributed by atoms with Gasteiger partial charge >= 0.3 is 5.97 Å². The number of methoxy groups -OCH3 is 2. The number of benzene rings is 3. The fourth-order valence-corrected chi connectivity index (χ4v) is 4.12. The summed E-state index contributed by atoms with van der Waals surface area (Å²) in [4.78, 5) is 12.1. The van der Waals surface area contributed by atoms with Crippen molar-refractivity contribution in [2.24, 2.45) is 5.73 Å². The summed E-state index contributed by atoms with van der Waals surface area (Å²) in [6.45, 7) is 3.23. The van der Waals surface area contributed by atoms with Crippen molar-refractivity contribution < 1.29 is 28.2 Å². The molecule has 7 heteroatoms. The molecule has 0 aliphatic rings. The van der Waals surface area contributed by atoms with E-state index in [1.165, 1.54) is 0 Å². The van der Waals surface area contributed by atoms with E-state index in [9.17, 15) is 4.79 Å². The number of carbonyl (C=O) groups excluding carboxylic acids is 1. The summed E-state index contributed by atoms with van der Waals surface area (Å²) < 4.78 is 28.1. The number of hydrogen-bond acceptors (Lipinski definition) is 7. The van der Waals surface area contributed by atoms with Crippen LogP contribution in [0.15, 0.2) is 65.1 Å². The summed E-state index contributed by atoms with van der Waals surface area (Å²) in [6.07, 6.45) is 0.117. The minimum absolute atomic E-state index is 0.117. The summed E-state index contributed by atoms with van der Waals surface area (Å²) in [5.74, 6) is 1.65. The normalized spacial score (nSPS) is 11.0. The number of rotatable bonds is 11. The average Bonchev–Trinajstić information content (AvgIpc) is 3.30. The number of esters is 1. The van der Waals surface area contributed by atoms with Gasteiger partial charge in [0.2, 0.25) is 0 Å². The molecule has 7 nitrogen and oxygen atoms in total. The van der Waals surface area contributed by atoms with Gasteiger partial charge in [-0.2, -0.15) is 0 Å². The van der Waals surface area contributed by atoms with Gasteiger partial charge in [0.15, 0.2) is 0 Å². The Morgan fingerprint density at radius 1 is 0.972 bits per heavy atom. The van der Waals surface area contributed by atoms with Gasteiger partial charge in [-0.3, -0.25) is 4.79 Å². The molecule has 0 unspecified atom stereocenters. The van der Waals surface area contributed by atoms with Crippen molar-refractivity contribution >= 4 is 16.9 Å². The Balaban J connectivity index is 1.69. The second-order valence-corrected chi connectivity index (χ2v) is 8.36. The Morgan fingerprint density at radius 2 is 1.83 bits per heavy atom. The van der Waals surface area contributed by atoms with Crippen LogP contribution in [-0.2, 0) is 40.4 Å². The lowest BCUT2D eigenvalue weighted by molar-refractivity contribution is -0.142. The highest BCUT2D eigenvalue weighted by Gasteiger charge is 2.15. The molecule has 36 heavy (non-hydrogen) atoms. The number of hydrogen-bond donors (Lipinski definition) is 1. The summed E-state index contributed by atoms with van der Waals surface area (Å²) in [7, 11) is 3.23. The number of nitrogens with two attached hydrogens (primary N) is 1. The molecule has 0 spiro atoms. The molecule has 0 amide bonds. The van der Waals surface area contributed by atoms with Crippen molar-refractivity contribution in [3.63, 3.8) is 0 Å². The van der Waals surface area contributed by atoms with E-state index >= 15 is 0 Å². The van der Waals surface area contributed by atoms with Crippen LogP contribution in [0.1, 0.15) is 29.4 Å². The molecule has 0 fully saturated rings. The highest BCUT2D eigenvalue weighted by molar-refractivity contribution is 5.93. The Kier molecular flexibility index (Phi) is 8.25. The molecule has 1 heterocycles. The Labute approximate surface area is 210 Å². The lowest BCUT2D eigenvalue weighted by Crippen LogP contribution is -2.09. The fraction of sp³-hybridized carbons (Fsp3) is 0.276. The number of ether oxygens (including phenoxy) is 4. The van der Waals surface area contributed by atoms with E-state index in [0.29, 0.717) is 31.3 Å². The maximum atomic E-state index is 12.1. The zero-order chi connectivity index (χ0) is 25.5. The standard InChI is InChI=1S/C29H31NO6/c1-4-34-28(31)14-22-8-9-24(33-3)15-27(22)35-17-20-11-23-13-25(18-32-2)36-29(23)26(12-20)21-7-5-6-19(10-21)16-30/h5-13,15H,4,14,16-18,30H2,1-3H3. The summed E-state index contributed by atoms with van der Waals surface area (Å²) >= 11 is 0. The molecule has 0 atom stereocenters. The van der Waals surface area contributed by atoms with Gasteiger partial charge in [-0.05, 0) is 53.9 Å². The first-order valence-corrected chi connectivity index (χ1v) is 11.8. The maximum absolute atomic E-state index is 12.1. The minimum Gasteiger partial charge on any atom is -0.497 e. The Hall–Kier alpha value is -3.81. The minimum atomic E-state index is -0.305. The topological polar surface area (TPSA) is 93.2 Å². The van der Waals surface area contributed by atoms with Gasteiger partial charge in [0.1, 0.15) is 36.1 Å². The zero-order valence-electron chi connectivity index (χ0n) is 20.8. The van der Waals surface area contributed by atoms with Crippen molar-refractivity contribution in [2.75, 3.05) is 20.8 Å². The van der Waals surface area contributed by atoms with Gasteiger partial charge in [-0.1, -0.05) is 24.3 Å². The lowest BCUT2D eigenvalue weighted by Gasteiger charge is -2.14. The van der Waals surface area contributed by atoms with Crippen molar-refractivity contribution in [1.29, 1.82) is 0 Å². The quantitative estimate of drug-likeness (QED) is 0.282. The average molecular weight is 490 g/mol. The third-order valence-corrected chi connectivity index (χ3v) is 5.80. The molecular weight excluding hydrogens is 458 g/mol. The van der Waals surface area contributed by atoms with E-state index in [1.54, 1.807) is 33.3 Å². The van der Waals surface area contributed by atoms with Crippen molar-refractivity contribution in [2.45, 2.75) is 33.1 Å². The van der Waals surface area contributed by atoms with Gasteiger partial charge in [-0.25, -0.2) is 0 Å². The van der Waals surface area contributed by atoms with Crippen LogP contribution in [0.25, 0.3) is 22.1 Å². The Bertz CT molecular complexity index is 1340. The van der Waals surface area contributed by atoms with E-state index in [-0.39, 0.29) is 19.0 Å². The lowest BCUT2D eigenvalue weighted by atomic mass is 9.99. The van der Waals surface area contributed by atoms with Gasteiger partial charge in [0.05, 0.1) is 20.1 Å². The molecule has 188 valence electrons. The van der Waals surface area contributed by atoms with Gasteiger partial charge in [0.25, 0.3) is 0 Å². The van der Waals surface area contributed by atoms with E-state index in [2.05, 4.69) is 12.1 Å². The van der Waals surface area contributed by atoms with Crippen LogP contribution in [0.5, 0.6) is 11.5 Å². The van der Waals surface area contributed by atoms with Gasteiger partial charge in [0, 0.05) is 36.2 Å². The monoisotopic (exact) mass is 489 g/mol. The molecule has 4 aromatic rings. The van der Waals surface area contributed by atoms with E-state index in [0.717, 1.165) is 44.5 Å². The third-order valence-electron chi connectivity index (χ3n) is 5.80. The number of fused-ring (bicyclic) bond motifs is 1. The molecule has 4 rings (SSSR count). The first-order chi connectivity index (χ1) is 17.5. The highest BCUT2D eigenvalue weighted by atomic mass is 16.5. The molecule has 0 saturated carbocycles. The van der Waals surface area contributed by atoms with Gasteiger partial charge < -0.3 is 29.1 Å². The second kappa shape index (κ2) is 11.7. The zero-order valence-corrected chi connectivity index (χ0v) is 20.8. The van der Waals surface area contributed by atoms with Crippen LogP contribution in [-0.4, -0.2) is 26.8 Å². The molecule has 2 N–H and O–H groups in total. The van der Waals surface area contributed by atoms with Crippen LogP contribution in [0.4, 0.5) is 0 Å². The van der Waals surface area contributed by atoms with E-state index < -0.39 is 0 Å². The smallest absolute Gasteiger partial charge is 0.310 e. The van der Waals surface area contributed by atoms with Crippen LogP contribution in [0.2, 0.25) is 0 Å². The van der Waals surface area contributed by atoms with Crippen molar-refractivity contribution in [1.82, 2.24) is 0 Å². The first kappa shape index (κ1) is 25.3. The van der Waals surface area contributed by atoms with Crippen molar-refractivity contribution in [3.05, 3.63) is 83.1 Å². The van der Waals surface area contributed by atoms with E-state index in [4.69, 9.17) is 29.1 Å². The number of carbonyl (C=O) groups is 1. The van der Waals surface area contributed by atoms with Crippen LogP contribution < -0.4 is 15.2 Å². The summed E-state index contributed by atoms with van der Waals surface area (Å²) in [5, 5.41) is 0.952. The fourth-order valence-electron chi connectivity index (χ4n) is 4.12. The van der Waals surface area contributed by atoms with Crippen LogP contribution in [0, 0.1) is 0 Å². The second-order valence-electron chi connectivity index (χ2n) is 8.36. The molecule has 0 saturated heterocycles.